The molecule has 1 N–H and O–H groups in total. The predicted octanol–water partition coefficient (Wildman–Crippen LogP) is 4.29. The lowest BCUT2D eigenvalue weighted by atomic mass is 10.1. The standard InChI is InChI=1S/C19H22ClN3O2/c1-13-10-17(18(25-2)11-15(13)20)22-19(24)16-7-6-14(12-21-16)23-8-4-3-5-9-23/h6-7,10-12H,3-5,8-9H2,1-2H3,(H,22,24). The first-order chi connectivity index (χ1) is 12.1. The Morgan fingerprint density at radius 1 is 1.24 bits per heavy atom. The molecule has 25 heavy (non-hydrogen) atoms. The monoisotopic (exact) mass is 359 g/mol. The Hall–Kier alpha value is -2.27. The minimum absolute atomic E-state index is 0.273. The maximum absolute atomic E-state index is 12.5. The lowest BCUT2D eigenvalue weighted by Gasteiger charge is -2.28. The molecule has 1 aliphatic rings. The molecule has 1 amide bonds. The van der Waals surface area contributed by atoms with Gasteiger partial charge in [0.1, 0.15) is 11.4 Å². The molecule has 1 saturated heterocycles. The first-order valence-corrected chi connectivity index (χ1v) is 8.83. The van der Waals surface area contributed by atoms with Crippen molar-refractivity contribution in [2.45, 2.75) is 26.2 Å². The second kappa shape index (κ2) is 7.74. The van der Waals surface area contributed by atoms with Crippen LogP contribution in [0.2, 0.25) is 5.02 Å². The molecule has 1 fully saturated rings. The zero-order valence-electron chi connectivity index (χ0n) is 14.5. The van der Waals surface area contributed by atoms with Gasteiger partial charge in [-0.1, -0.05) is 11.6 Å². The number of pyridine rings is 1. The van der Waals surface area contributed by atoms with Crippen LogP contribution >= 0.6 is 11.6 Å². The maximum atomic E-state index is 12.5. The molecule has 0 radical (unpaired) electrons. The number of ether oxygens (including phenoxy) is 1. The van der Waals surface area contributed by atoms with Crippen LogP contribution in [0.4, 0.5) is 11.4 Å². The molecule has 0 atom stereocenters. The molecule has 2 aromatic rings. The minimum Gasteiger partial charge on any atom is -0.495 e. The number of benzene rings is 1. The summed E-state index contributed by atoms with van der Waals surface area (Å²) in [6.07, 6.45) is 5.47. The molecule has 3 rings (SSSR count). The Morgan fingerprint density at radius 3 is 2.64 bits per heavy atom. The van der Waals surface area contributed by atoms with Crippen LogP contribution in [0.1, 0.15) is 35.3 Å². The molecule has 2 heterocycles. The predicted molar refractivity (Wildman–Crippen MR) is 101 cm³/mol. The van der Waals surface area contributed by atoms with Gasteiger partial charge in [0.05, 0.1) is 24.7 Å². The molecule has 0 aliphatic carbocycles. The second-order valence-corrected chi connectivity index (χ2v) is 6.61. The van der Waals surface area contributed by atoms with E-state index < -0.39 is 0 Å². The van der Waals surface area contributed by atoms with E-state index in [1.807, 2.05) is 13.0 Å². The van der Waals surface area contributed by atoms with Gasteiger partial charge < -0.3 is 15.0 Å². The van der Waals surface area contributed by atoms with Gasteiger partial charge in [0.2, 0.25) is 0 Å². The number of piperidine rings is 1. The Bertz CT molecular complexity index is 756. The van der Waals surface area contributed by atoms with Gasteiger partial charge in [-0.3, -0.25) is 4.79 Å². The number of rotatable bonds is 4. The third-order valence-corrected chi connectivity index (χ3v) is 4.84. The Morgan fingerprint density at radius 2 is 2.00 bits per heavy atom. The molecule has 0 spiro atoms. The first-order valence-electron chi connectivity index (χ1n) is 8.45. The molecule has 0 unspecified atom stereocenters. The number of nitrogens with one attached hydrogen (secondary N) is 1. The molecule has 1 aromatic carbocycles. The van der Waals surface area contributed by atoms with Crippen LogP contribution in [-0.2, 0) is 0 Å². The third kappa shape index (κ3) is 4.04. The molecule has 0 bridgehead atoms. The third-order valence-electron chi connectivity index (χ3n) is 4.43. The van der Waals surface area contributed by atoms with E-state index in [-0.39, 0.29) is 5.91 Å². The van der Waals surface area contributed by atoms with Crippen LogP contribution in [0, 0.1) is 6.92 Å². The van der Waals surface area contributed by atoms with Crippen molar-refractivity contribution < 1.29 is 9.53 Å². The van der Waals surface area contributed by atoms with Gasteiger partial charge in [0.15, 0.2) is 0 Å². The SMILES string of the molecule is COc1cc(Cl)c(C)cc1NC(=O)c1ccc(N2CCCCC2)cn1. The van der Waals surface area contributed by atoms with Crippen molar-refractivity contribution in [1.29, 1.82) is 0 Å². The summed E-state index contributed by atoms with van der Waals surface area (Å²) in [5, 5.41) is 3.44. The number of aryl methyl sites for hydroxylation is 1. The lowest BCUT2D eigenvalue weighted by molar-refractivity contribution is 0.102. The summed E-state index contributed by atoms with van der Waals surface area (Å²) in [6.45, 7) is 3.98. The van der Waals surface area contributed by atoms with Gasteiger partial charge >= 0.3 is 0 Å². The van der Waals surface area contributed by atoms with E-state index in [0.717, 1.165) is 24.3 Å². The van der Waals surface area contributed by atoms with E-state index in [0.29, 0.717) is 22.2 Å². The van der Waals surface area contributed by atoms with Gasteiger partial charge in [-0.25, -0.2) is 4.98 Å². The summed E-state index contributed by atoms with van der Waals surface area (Å²) in [6, 6.07) is 7.20. The number of carbonyl (C=O) groups is 1. The number of nitrogens with zero attached hydrogens (tertiary/aromatic N) is 2. The van der Waals surface area contributed by atoms with Crippen LogP contribution in [0.25, 0.3) is 0 Å². The molecule has 0 saturated carbocycles. The van der Waals surface area contributed by atoms with Crippen LogP contribution in [0.3, 0.4) is 0 Å². The second-order valence-electron chi connectivity index (χ2n) is 6.21. The highest BCUT2D eigenvalue weighted by atomic mass is 35.5. The van der Waals surface area contributed by atoms with Crippen molar-refractivity contribution in [2.24, 2.45) is 0 Å². The molecule has 1 aromatic heterocycles. The summed E-state index contributed by atoms with van der Waals surface area (Å²) in [4.78, 5) is 19.1. The average Bonchev–Trinajstić information content (AvgIpc) is 2.65. The number of aromatic nitrogens is 1. The molecular weight excluding hydrogens is 338 g/mol. The van der Waals surface area contributed by atoms with Gasteiger partial charge in [0, 0.05) is 24.2 Å². The number of methoxy groups -OCH3 is 1. The van der Waals surface area contributed by atoms with Gasteiger partial charge in [0.25, 0.3) is 5.91 Å². The molecule has 132 valence electrons. The summed E-state index contributed by atoms with van der Waals surface area (Å²) >= 11 is 6.10. The van der Waals surface area contributed by atoms with Crippen molar-refractivity contribution in [3.8, 4) is 5.75 Å². The fourth-order valence-electron chi connectivity index (χ4n) is 2.98. The molecule has 6 heteroatoms. The van der Waals surface area contributed by atoms with Crippen LogP contribution < -0.4 is 15.0 Å². The van der Waals surface area contributed by atoms with Crippen LogP contribution in [0.15, 0.2) is 30.5 Å². The van der Waals surface area contributed by atoms with Gasteiger partial charge in [-0.05, 0) is 49.9 Å². The van der Waals surface area contributed by atoms with Crippen LogP contribution in [-0.4, -0.2) is 31.1 Å². The number of halogens is 1. The highest BCUT2D eigenvalue weighted by molar-refractivity contribution is 6.31. The fraction of sp³-hybridized carbons (Fsp3) is 0.368. The molecular formula is C19H22ClN3O2. The summed E-state index contributed by atoms with van der Waals surface area (Å²) in [7, 11) is 1.54. The van der Waals surface area contributed by atoms with E-state index in [4.69, 9.17) is 16.3 Å². The minimum atomic E-state index is -0.273. The summed E-state index contributed by atoms with van der Waals surface area (Å²) in [5.41, 5.74) is 2.88. The summed E-state index contributed by atoms with van der Waals surface area (Å²) < 4.78 is 5.29. The van der Waals surface area contributed by atoms with Crippen molar-refractivity contribution >= 4 is 28.9 Å². The smallest absolute Gasteiger partial charge is 0.274 e. The van der Waals surface area contributed by atoms with Gasteiger partial charge in [-0.2, -0.15) is 0 Å². The number of hydrogen-bond acceptors (Lipinski definition) is 4. The number of hydrogen-bond donors (Lipinski definition) is 1. The van der Waals surface area contributed by atoms with Crippen molar-refractivity contribution in [1.82, 2.24) is 4.98 Å². The van der Waals surface area contributed by atoms with Crippen molar-refractivity contribution in [3.63, 3.8) is 0 Å². The van der Waals surface area contributed by atoms with E-state index in [1.54, 1.807) is 31.5 Å². The Kier molecular flexibility index (Phi) is 5.43. The van der Waals surface area contributed by atoms with E-state index in [2.05, 4.69) is 15.2 Å². The average molecular weight is 360 g/mol. The summed E-state index contributed by atoms with van der Waals surface area (Å²) in [5.74, 6) is 0.249. The number of carbonyl (C=O) groups excluding carboxylic acids is 1. The normalized spacial score (nSPS) is 14.3. The zero-order valence-corrected chi connectivity index (χ0v) is 15.3. The van der Waals surface area contributed by atoms with E-state index in [1.165, 1.54) is 19.3 Å². The van der Waals surface area contributed by atoms with Crippen molar-refractivity contribution in [3.05, 3.63) is 46.7 Å². The maximum Gasteiger partial charge on any atom is 0.274 e. The van der Waals surface area contributed by atoms with E-state index >= 15 is 0 Å². The Labute approximate surface area is 153 Å². The Balaban J connectivity index is 1.74. The fourth-order valence-corrected chi connectivity index (χ4v) is 3.13. The molecule has 5 nitrogen and oxygen atoms in total. The zero-order chi connectivity index (χ0) is 17.8. The largest absolute Gasteiger partial charge is 0.495 e. The number of amides is 1. The highest BCUT2D eigenvalue weighted by Crippen LogP contribution is 2.31. The topological polar surface area (TPSA) is 54.5 Å². The van der Waals surface area contributed by atoms with E-state index in [9.17, 15) is 4.79 Å². The number of anilines is 2. The quantitative estimate of drug-likeness (QED) is 0.884. The van der Waals surface area contributed by atoms with Crippen LogP contribution in [0.5, 0.6) is 5.75 Å². The highest BCUT2D eigenvalue weighted by Gasteiger charge is 2.15. The lowest BCUT2D eigenvalue weighted by Crippen LogP contribution is -2.29. The van der Waals surface area contributed by atoms with Gasteiger partial charge in [-0.15, -0.1) is 0 Å². The molecule has 1 aliphatic heterocycles. The first kappa shape index (κ1) is 17.5. The van der Waals surface area contributed by atoms with Crippen molar-refractivity contribution in [2.75, 3.05) is 30.4 Å².